The Balaban J connectivity index is 2.07. The summed E-state index contributed by atoms with van der Waals surface area (Å²) in [6.07, 6.45) is 2.29. The number of halogens is 1. The van der Waals surface area contributed by atoms with E-state index < -0.39 is 5.54 Å². The quantitative estimate of drug-likeness (QED) is 0.833. The summed E-state index contributed by atoms with van der Waals surface area (Å²) in [7, 11) is 1.65. The van der Waals surface area contributed by atoms with Gasteiger partial charge in [-0.15, -0.1) is 0 Å². The minimum absolute atomic E-state index is 0.0609. The molecule has 5 heteroatoms. The highest BCUT2D eigenvalue weighted by molar-refractivity contribution is 9.10. The van der Waals surface area contributed by atoms with E-state index in [0.717, 1.165) is 22.9 Å². The van der Waals surface area contributed by atoms with Gasteiger partial charge in [0.2, 0.25) is 5.91 Å². The SMILES string of the molecule is COCC(NC(=O)C(C)(N)c1ccc(Br)cc1)C1CC1. The monoisotopic (exact) mass is 340 g/mol. The van der Waals surface area contributed by atoms with Crippen molar-refractivity contribution < 1.29 is 9.53 Å². The molecule has 0 radical (unpaired) electrons. The Morgan fingerprint density at radius 2 is 2.10 bits per heavy atom. The van der Waals surface area contributed by atoms with Gasteiger partial charge in [-0.05, 0) is 43.4 Å². The van der Waals surface area contributed by atoms with Gasteiger partial charge in [0.25, 0.3) is 0 Å². The molecule has 1 aromatic rings. The van der Waals surface area contributed by atoms with E-state index in [0.29, 0.717) is 12.5 Å². The van der Waals surface area contributed by atoms with Crippen LogP contribution in [0.2, 0.25) is 0 Å². The molecule has 3 N–H and O–H groups in total. The molecule has 20 heavy (non-hydrogen) atoms. The number of ether oxygens (including phenoxy) is 1. The maximum Gasteiger partial charge on any atom is 0.244 e. The first-order chi connectivity index (χ1) is 9.45. The van der Waals surface area contributed by atoms with Gasteiger partial charge < -0.3 is 15.8 Å². The van der Waals surface area contributed by atoms with Crippen molar-refractivity contribution in [3.8, 4) is 0 Å². The molecule has 1 aliphatic carbocycles. The average Bonchev–Trinajstić information content (AvgIpc) is 3.23. The number of carbonyl (C=O) groups is 1. The second-order valence-electron chi connectivity index (χ2n) is 5.58. The molecule has 2 rings (SSSR count). The summed E-state index contributed by atoms with van der Waals surface area (Å²) >= 11 is 3.38. The van der Waals surface area contributed by atoms with Gasteiger partial charge in [0.05, 0.1) is 12.6 Å². The molecule has 2 atom stereocenters. The highest BCUT2D eigenvalue weighted by Gasteiger charge is 2.37. The van der Waals surface area contributed by atoms with Crippen LogP contribution in [0.1, 0.15) is 25.3 Å². The number of benzene rings is 1. The first kappa shape index (κ1) is 15.5. The van der Waals surface area contributed by atoms with E-state index in [4.69, 9.17) is 10.5 Å². The van der Waals surface area contributed by atoms with E-state index in [1.807, 2.05) is 24.3 Å². The fourth-order valence-corrected chi connectivity index (χ4v) is 2.48. The molecule has 1 amide bonds. The van der Waals surface area contributed by atoms with Crippen LogP contribution in [-0.4, -0.2) is 25.7 Å². The normalized spacial score (nSPS) is 19.2. The Bertz CT molecular complexity index is 469. The largest absolute Gasteiger partial charge is 0.383 e. The molecular weight excluding hydrogens is 320 g/mol. The van der Waals surface area contributed by atoms with Gasteiger partial charge in [0.15, 0.2) is 0 Å². The summed E-state index contributed by atoms with van der Waals surface area (Å²) in [6.45, 7) is 2.27. The van der Waals surface area contributed by atoms with Crippen LogP contribution in [0.4, 0.5) is 0 Å². The van der Waals surface area contributed by atoms with E-state index in [-0.39, 0.29) is 11.9 Å². The molecule has 0 heterocycles. The predicted octanol–water partition coefficient (Wildman–Crippen LogP) is 2.16. The molecule has 0 aromatic heterocycles. The van der Waals surface area contributed by atoms with Crippen LogP contribution in [0.3, 0.4) is 0 Å². The standard InChI is InChI=1S/C15H21BrN2O2/c1-15(17,11-5-7-12(16)8-6-11)14(19)18-13(9-20-2)10-3-4-10/h5-8,10,13H,3-4,9,17H2,1-2H3,(H,18,19). The predicted molar refractivity (Wildman–Crippen MR) is 82.2 cm³/mol. The number of nitrogens with one attached hydrogen (secondary N) is 1. The molecule has 0 spiro atoms. The van der Waals surface area contributed by atoms with Gasteiger partial charge in [0, 0.05) is 11.6 Å². The number of nitrogens with two attached hydrogens (primary N) is 1. The fraction of sp³-hybridized carbons (Fsp3) is 0.533. The topological polar surface area (TPSA) is 64.3 Å². The second-order valence-corrected chi connectivity index (χ2v) is 6.50. The van der Waals surface area contributed by atoms with Crippen LogP contribution in [-0.2, 0) is 15.1 Å². The molecule has 0 aliphatic heterocycles. The fourth-order valence-electron chi connectivity index (χ4n) is 2.22. The molecule has 110 valence electrons. The number of amides is 1. The van der Waals surface area contributed by atoms with E-state index in [1.54, 1.807) is 14.0 Å². The Hall–Kier alpha value is -0.910. The Labute approximate surface area is 128 Å². The second kappa shape index (κ2) is 6.24. The van der Waals surface area contributed by atoms with Crippen molar-refractivity contribution >= 4 is 21.8 Å². The maximum atomic E-state index is 12.5. The molecule has 1 saturated carbocycles. The smallest absolute Gasteiger partial charge is 0.244 e. The highest BCUT2D eigenvalue weighted by Crippen LogP contribution is 2.33. The zero-order valence-corrected chi connectivity index (χ0v) is 13.4. The Kier molecular flexibility index (Phi) is 4.83. The maximum absolute atomic E-state index is 12.5. The first-order valence-electron chi connectivity index (χ1n) is 6.80. The molecular formula is C15H21BrN2O2. The third kappa shape index (κ3) is 3.59. The minimum Gasteiger partial charge on any atom is -0.383 e. The third-order valence-electron chi connectivity index (χ3n) is 3.77. The molecule has 1 aliphatic rings. The van der Waals surface area contributed by atoms with Crippen molar-refractivity contribution in [2.24, 2.45) is 11.7 Å². The first-order valence-corrected chi connectivity index (χ1v) is 7.59. The van der Waals surface area contributed by atoms with E-state index in [9.17, 15) is 4.79 Å². The van der Waals surface area contributed by atoms with Crippen LogP contribution in [0.25, 0.3) is 0 Å². The zero-order valence-electron chi connectivity index (χ0n) is 11.9. The van der Waals surface area contributed by atoms with Gasteiger partial charge in [-0.2, -0.15) is 0 Å². The van der Waals surface area contributed by atoms with Gasteiger partial charge in [-0.1, -0.05) is 28.1 Å². The lowest BCUT2D eigenvalue weighted by Crippen LogP contribution is -2.53. The van der Waals surface area contributed by atoms with Crippen LogP contribution in [0.5, 0.6) is 0 Å². The number of rotatable bonds is 6. The summed E-state index contributed by atoms with van der Waals surface area (Å²) in [5, 5.41) is 3.03. The lowest BCUT2D eigenvalue weighted by atomic mass is 9.92. The van der Waals surface area contributed by atoms with Crippen molar-refractivity contribution in [3.63, 3.8) is 0 Å². The van der Waals surface area contributed by atoms with Gasteiger partial charge >= 0.3 is 0 Å². The number of hydrogen-bond donors (Lipinski definition) is 2. The van der Waals surface area contributed by atoms with Crippen LogP contribution in [0, 0.1) is 5.92 Å². The van der Waals surface area contributed by atoms with Crippen molar-refractivity contribution in [1.29, 1.82) is 0 Å². The Morgan fingerprint density at radius 3 is 2.60 bits per heavy atom. The van der Waals surface area contributed by atoms with E-state index in [2.05, 4.69) is 21.2 Å². The summed E-state index contributed by atoms with van der Waals surface area (Å²) in [4.78, 5) is 12.5. The summed E-state index contributed by atoms with van der Waals surface area (Å²) in [5.41, 5.74) is 5.98. The molecule has 1 fully saturated rings. The van der Waals surface area contributed by atoms with Gasteiger partial charge in [-0.3, -0.25) is 4.79 Å². The van der Waals surface area contributed by atoms with Crippen LogP contribution >= 0.6 is 15.9 Å². The summed E-state index contributed by atoms with van der Waals surface area (Å²) < 4.78 is 6.14. The molecule has 4 nitrogen and oxygen atoms in total. The summed E-state index contributed by atoms with van der Waals surface area (Å²) in [6, 6.07) is 7.58. The molecule has 2 unspecified atom stereocenters. The minimum atomic E-state index is -1.04. The van der Waals surface area contributed by atoms with Crippen molar-refractivity contribution in [3.05, 3.63) is 34.3 Å². The van der Waals surface area contributed by atoms with Crippen molar-refractivity contribution in [1.82, 2.24) is 5.32 Å². The van der Waals surface area contributed by atoms with E-state index >= 15 is 0 Å². The van der Waals surface area contributed by atoms with E-state index in [1.165, 1.54) is 0 Å². The van der Waals surface area contributed by atoms with Gasteiger partial charge in [0.1, 0.15) is 5.54 Å². The third-order valence-corrected chi connectivity index (χ3v) is 4.30. The lowest BCUT2D eigenvalue weighted by molar-refractivity contribution is -0.127. The molecule has 0 bridgehead atoms. The number of methoxy groups -OCH3 is 1. The molecule has 0 saturated heterocycles. The van der Waals surface area contributed by atoms with Crippen molar-refractivity contribution in [2.45, 2.75) is 31.3 Å². The van der Waals surface area contributed by atoms with Crippen molar-refractivity contribution in [2.75, 3.05) is 13.7 Å². The van der Waals surface area contributed by atoms with Crippen LogP contribution in [0.15, 0.2) is 28.7 Å². The zero-order chi connectivity index (χ0) is 14.8. The Morgan fingerprint density at radius 1 is 1.50 bits per heavy atom. The van der Waals surface area contributed by atoms with Crippen LogP contribution < -0.4 is 11.1 Å². The number of carbonyl (C=O) groups excluding carboxylic acids is 1. The highest BCUT2D eigenvalue weighted by atomic mass is 79.9. The molecule has 1 aromatic carbocycles. The van der Waals surface area contributed by atoms with Gasteiger partial charge in [-0.25, -0.2) is 0 Å². The average molecular weight is 341 g/mol. The number of hydrogen-bond acceptors (Lipinski definition) is 3. The summed E-state index contributed by atoms with van der Waals surface area (Å²) in [5.74, 6) is 0.369. The lowest BCUT2D eigenvalue weighted by Gasteiger charge is -2.27.